The Morgan fingerprint density at radius 3 is 2.05 bits per heavy atom. The number of benzene rings is 1. The summed E-state index contributed by atoms with van der Waals surface area (Å²) in [6.45, 7) is 6.43. The first kappa shape index (κ1) is 14.9. The minimum absolute atomic E-state index is 0.00441. The van der Waals surface area contributed by atoms with Crippen LogP contribution in [0.25, 0.3) is 0 Å². The number of hydrogen-bond acceptors (Lipinski definition) is 1. The van der Waals surface area contributed by atoms with Gasteiger partial charge in [-0.25, -0.2) is 0 Å². The highest BCUT2D eigenvalue weighted by atomic mass is 19.4. The van der Waals surface area contributed by atoms with Gasteiger partial charge in [0.15, 0.2) is 0 Å². The smallest absolute Gasteiger partial charge is 0.385 e. The molecule has 0 unspecified atom stereocenters. The van der Waals surface area contributed by atoms with Gasteiger partial charge >= 0.3 is 6.18 Å². The zero-order valence-corrected chi connectivity index (χ0v) is 12.6. The minimum atomic E-state index is -4.33. The fourth-order valence-corrected chi connectivity index (χ4v) is 4.65. The summed E-state index contributed by atoms with van der Waals surface area (Å²) >= 11 is 0. The molecule has 1 aromatic rings. The molecular weight excluding hydrogens is 277 g/mol. The Bertz CT molecular complexity index is 560. The second-order valence-electron chi connectivity index (χ2n) is 7.43. The standard InChI is InChI=1S/C17H21F3O/c1-14(2)13-8-9-15(14,3)16(21,10-13)11-4-6-12(7-5-11)17(18,19)20/h4-7,13,21H,8-10H2,1-3H3/t13-,15-,16+/m1/s1. The van der Waals surface area contributed by atoms with Crippen molar-refractivity contribution in [2.75, 3.05) is 0 Å². The van der Waals surface area contributed by atoms with Crippen LogP contribution in [0.2, 0.25) is 0 Å². The molecule has 1 N–H and O–H groups in total. The summed E-state index contributed by atoms with van der Waals surface area (Å²) < 4.78 is 38.0. The van der Waals surface area contributed by atoms with Crippen molar-refractivity contribution < 1.29 is 18.3 Å². The van der Waals surface area contributed by atoms with Crippen molar-refractivity contribution >= 4 is 0 Å². The van der Waals surface area contributed by atoms with Gasteiger partial charge in [-0.2, -0.15) is 13.2 Å². The quantitative estimate of drug-likeness (QED) is 0.794. The molecule has 0 radical (unpaired) electrons. The van der Waals surface area contributed by atoms with Crippen LogP contribution in [0.1, 0.15) is 51.2 Å². The Hall–Kier alpha value is -1.03. The molecule has 2 bridgehead atoms. The van der Waals surface area contributed by atoms with Gasteiger partial charge in [0.25, 0.3) is 0 Å². The summed E-state index contributed by atoms with van der Waals surface area (Å²) in [7, 11) is 0. The van der Waals surface area contributed by atoms with E-state index in [1.165, 1.54) is 12.1 Å². The molecule has 0 aromatic heterocycles. The summed E-state index contributed by atoms with van der Waals surface area (Å²) in [4.78, 5) is 0. The van der Waals surface area contributed by atoms with Gasteiger partial charge in [0.1, 0.15) is 0 Å². The fourth-order valence-electron chi connectivity index (χ4n) is 4.65. The van der Waals surface area contributed by atoms with Crippen LogP contribution in [0.3, 0.4) is 0 Å². The first-order valence-electron chi connectivity index (χ1n) is 7.42. The third-order valence-electron chi connectivity index (χ3n) is 6.58. The van der Waals surface area contributed by atoms with Gasteiger partial charge in [-0.1, -0.05) is 32.9 Å². The first-order valence-corrected chi connectivity index (χ1v) is 7.42. The molecule has 4 heteroatoms. The van der Waals surface area contributed by atoms with Gasteiger partial charge in [0, 0.05) is 5.41 Å². The van der Waals surface area contributed by atoms with E-state index < -0.39 is 17.3 Å². The van der Waals surface area contributed by atoms with Crippen molar-refractivity contribution in [2.24, 2.45) is 16.7 Å². The molecule has 2 aliphatic carbocycles. The van der Waals surface area contributed by atoms with E-state index in [1.807, 2.05) is 0 Å². The zero-order chi connectivity index (χ0) is 15.7. The van der Waals surface area contributed by atoms with Crippen molar-refractivity contribution in [3.8, 4) is 0 Å². The van der Waals surface area contributed by atoms with Crippen LogP contribution in [0.5, 0.6) is 0 Å². The lowest BCUT2D eigenvalue weighted by Crippen LogP contribution is -2.44. The summed E-state index contributed by atoms with van der Waals surface area (Å²) in [5.41, 5.74) is -1.35. The zero-order valence-electron chi connectivity index (χ0n) is 12.6. The molecule has 21 heavy (non-hydrogen) atoms. The van der Waals surface area contributed by atoms with Gasteiger partial charge in [-0.05, 0) is 48.3 Å². The van der Waals surface area contributed by atoms with Gasteiger partial charge in [0.2, 0.25) is 0 Å². The van der Waals surface area contributed by atoms with Crippen molar-refractivity contribution in [1.82, 2.24) is 0 Å². The maximum atomic E-state index is 12.7. The van der Waals surface area contributed by atoms with Crippen molar-refractivity contribution in [3.05, 3.63) is 35.4 Å². The minimum Gasteiger partial charge on any atom is -0.385 e. The normalized spacial score (nSPS) is 38.0. The molecule has 0 saturated heterocycles. The Labute approximate surface area is 123 Å². The van der Waals surface area contributed by atoms with Crippen molar-refractivity contribution in [1.29, 1.82) is 0 Å². The highest BCUT2D eigenvalue weighted by Gasteiger charge is 2.68. The molecule has 0 heterocycles. The van der Waals surface area contributed by atoms with E-state index in [2.05, 4.69) is 20.8 Å². The lowest BCUT2D eigenvalue weighted by Gasteiger charge is -2.45. The summed E-state index contributed by atoms with van der Waals surface area (Å²) in [6.07, 6.45) is -1.69. The Morgan fingerprint density at radius 1 is 1.10 bits per heavy atom. The van der Waals surface area contributed by atoms with E-state index in [1.54, 1.807) is 0 Å². The second-order valence-corrected chi connectivity index (χ2v) is 7.43. The summed E-state index contributed by atoms with van der Waals surface area (Å²) in [5, 5.41) is 11.3. The van der Waals surface area contributed by atoms with Crippen LogP contribution in [0, 0.1) is 16.7 Å². The van der Waals surface area contributed by atoms with E-state index in [-0.39, 0.29) is 10.8 Å². The Kier molecular flexibility index (Phi) is 2.86. The average molecular weight is 298 g/mol. The summed E-state index contributed by atoms with van der Waals surface area (Å²) in [5.74, 6) is 0.426. The molecule has 0 amide bonds. The van der Waals surface area contributed by atoms with Gasteiger partial charge in [-0.3, -0.25) is 0 Å². The molecule has 116 valence electrons. The van der Waals surface area contributed by atoms with Gasteiger partial charge < -0.3 is 5.11 Å². The predicted octanol–water partition coefficient (Wildman–Crippen LogP) is 4.74. The number of halogens is 3. The Balaban J connectivity index is 2.02. The molecule has 2 fully saturated rings. The Morgan fingerprint density at radius 2 is 1.67 bits per heavy atom. The largest absolute Gasteiger partial charge is 0.416 e. The number of fused-ring (bicyclic) bond motifs is 2. The fraction of sp³-hybridized carbons (Fsp3) is 0.647. The molecule has 1 aromatic carbocycles. The highest BCUT2D eigenvalue weighted by Crippen LogP contribution is 2.72. The van der Waals surface area contributed by atoms with E-state index in [0.29, 0.717) is 17.9 Å². The summed E-state index contributed by atoms with van der Waals surface area (Å²) in [6, 6.07) is 5.06. The van der Waals surface area contributed by atoms with E-state index >= 15 is 0 Å². The van der Waals surface area contributed by atoms with E-state index in [4.69, 9.17) is 0 Å². The molecule has 0 spiro atoms. The molecule has 2 aliphatic rings. The number of aliphatic hydroxyl groups is 1. The second kappa shape index (κ2) is 4.03. The SMILES string of the molecule is CC1(C)[C@@H]2CC[C@@]1(C)[C@@](O)(c1ccc(C(F)(F)F)cc1)C2. The molecule has 3 atom stereocenters. The highest BCUT2D eigenvalue weighted by molar-refractivity contribution is 5.34. The van der Waals surface area contributed by atoms with E-state index in [0.717, 1.165) is 25.0 Å². The third-order valence-corrected chi connectivity index (χ3v) is 6.58. The third kappa shape index (κ3) is 1.74. The predicted molar refractivity (Wildman–Crippen MR) is 74.6 cm³/mol. The van der Waals surface area contributed by atoms with E-state index in [9.17, 15) is 18.3 Å². The number of rotatable bonds is 1. The first-order chi connectivity index (χ1) is 9.52. The van der Waals surface area contributed by atoms with Crippen LogP contribution in [0.4, 0.5) is 13.2 Å². The van der Waals surface area contributed by atoms with Crippen molar-refractivity contribution in [2.45, 2.75) is 51.8 Å². The maximum absolute atomic E-state index is 12.7. The lowest BCUT2D eigenvalue weighted by atomic mass is 9.62. The van der Waals surface area contributed by atoms with Crippen molar-refractivity contribution in [3.63, 3.8) is 0 Å². The molecule has 1 nitrogen and oxygen atoms in total. The average Bonchev–Trinajstić information content (AvgIpc) is 2.70. The molecule has 2 saturated carbocycles. The van der Waals surface area contributed by atoms with Crippen LogP contribution in [0.15, 0.2) is 24.3 Å². The molecular formula is C17H21F3O. The van der Waals surface area contributed by atoms with Gasteiger partial charge in [-0.15, -0.1) is 0 Å². The van der Waals surface area contributed by atoms with Gasteiger partial charge in [0.05, 0.1) is 11.2 Å². The van der Waals surface area contributed by atoms with Crippen LogP contribution >= 0.6 is 0 Å². The number of hydrogen-bond donors (Lipinski definition) is 1. The van der Waals surface area contributed by atoms with Crippen LogP contribution < -0.4 is 0 Å². The molecule has 0 aliphatic heterocycles. The number of alkyl halides is 3. The maximum Gasteiger partial charge on any atom is 0.416 e. The molecule has 3 rings (SSSR count). The van der Waals surface area contributed by atoms with Crippen LogP contribution in [-0.2, 0) is 11.8 Å². The van der Waals surface area contributed by atoms with Crippen LogP contribution in [-0.4, -0.2) is 5.11 Å². The topological polar surface area (TPSA) is 20.2 Å². The monoisotopic (exact) mass is 298 g/mol. The lowest BCUT2D eigenvalue weighted by molar-refractivity contribution is -0.137.